The Morgan fingerprint density at radius 3 is 2.37 bits per heavy atom. The highest BCUT2D eigenvalue weighted by Crippen LogP contribution is 2.38. The number of hydrogen-bond donors (Lipinski definition) is 0. The lowest BCUT2D eigenvalue weighted by Crippen LogP contribution is -2.37. The van der Waals surface area contributed by atoms with Gasteiger partial charge in [-0.3, -0.25) is 9.36 Å². The fraction of sp³-hybridized carbons (Fsp3) is 0.500. The first kappa shape index (κ1) is 26.8. The summed E-state index contributed by atoms with van der Waals surface area (Å²) in [5.41, 5.74) is 0. The Labute approximate surface area is 189 Å². The van der Waals surface area contributed by atoms with Gasteiger partial charge in [-0.2, -0.15) is 0 Å². The summed E-state index contributed by atoms with van der Waals surface area (Å²) in [7, 11) is 0.967. The van der Waals surface area contributed by atoms with Gasteiger partial charge in [-0.1, -0.05) is 0 Å². The molecule has 0 saturated heterocycles. The summed E-state index contributed by atoms with van der Waals surface area (Å²) in [6.45, 7) is 3.80. The van der Waals surface area contributed by atoms with Crippen LogP contribution in [0.2, 0.25) is 0 Å². The molecule has 0 aromatic heterocycles. The van der Waals surface area contributed by atoms with Gasteiger partial charge in [0, 0.05) is 3.57 Å². The van der Waals surface area contributed by atoms with E-state index in [9.17, 15) is 19.0 Å². The molecule has 0 aliphatic heterocycles. The van der Waals surface area contributed by atoms with E-state index in [1.54, 1.807) is 24.3 Å². The maximum atomic E-state index is 11.8. The van der Waals surface area contributed by atoms with E-state index in [1.807, 2.05) is 21.1 Å². The molecule has 0 fully saturated rings. The molecule has 10 nitrogen and oxygen atoms in total. The number of quaternary nitrogens is 1. The number of rotatable bonds is 13. The first-order valence-corrected chi connectivity index (χ1v) is 11.3. The zero-order chi connectivity index (χ0) is 22.8. The molecule has 0 heterocycles. The minimum Gasteiger partial charge on any atom is -0.756 e. The van der Waals surface area contributed by atoms with Crippen LogP contribution in [-0.2, 0) is 32.7 Å². The number of hydrogen-bond acceptors (Lipinski definition) is 9. The number of likely N-dealkylation sites (N-methyl/N-ethyl adjacent to an activating group) is 1. The van der Waals surface area contributed by atoms with Gasteiger partial charge in [-0.15, -0.1) is 0 Å². The number of nitrogens with zero attached hydrogens (tertiary/aromatic N) is 1. The smallest absolute Gasteiger partial charge is 0.344 e. The number of carbonyl (C=O) groups excluding carboxylic acids is 2. The summed E-state index contributed by atoms with van der Waals surface area (Å²) < 4.78 is 37.6. The Morgan fingerprint density at radius 1 is 1.17 bits per heavy atom. The van der Waals surface area contributed by atoms with Gasteiger partial charge >= 0.3 is 11.9 Å². The van der Waals surface area contributed by atoms with Gasteiger partial charge in [-0.05, 0) is 46.9 Å². The lowest BCUT2D eigenvalue weighted by Gasteiger charge is -2.28. The molecule has 1 rings (SSSR count). The normalized spacial score (nSPS) is 14.5. The summed E-state index contributed by atoms with van der Waals surface area (Å²) in [6.07, 6.45) is -1.24. The van der Waals surface area contributed by atoms with E-state index in [2.05, 4.69) is 22.6 Å². The summed E-state index contributed by atoms with van der Waals surface area (Å²) in [6, 6.07) is 6.98. The van der Waals surface area contributed by atoms with E-state index in [1.165, 1.54) is 0 Å². The van der Waals surface area contributed by atoms with Gasteiger partial charge in [0.1, 0.15) is 25.5 Å². The van der Waals surface area contributed by atoms with Crippen molar-refractivity contribution in [1.82, 2.24) is 0 Å². The molecule has 2 radical (unpaired) electrons. The molecule has 0 aliphatic carbocycles. The van der Waals surface area contributed by atoms with Gasteiger partial charge < -0.3 is 32.6 Å². The van der Waals surface area contributed by atoms with Crippen LogP contribution in [0.1, 0.15) is 0 Å². The van der Waals surface area contributed by atoms with Crippen LogP contribution >= 0.6 is 30.4 Å². The van der Waals surface area contributed by atoms with E-state index >= 15 is 0 Å². The average Bonchev–Trinajstić information content (AvgIpc) is 2.62. The van der Waals surface area contributed by atoms with E-state index in [0.29, 0.717) is 16.8 Å². The summed E-state index contributed by atoms with van der Waals surface area (Å²) in [5, 5.41) is 0. The minimum absolute atomic E-state index is 0.0868. The number of ether oxygens (including phenoxy) is 3. The summed E-state index contributed by atoms with van der Waals surface area (Å²) in [5.74, 6) is -1.46. The van der Waals surface area contributed by atoms with Crippen LogP contribution < -0.4 is 9.63 Å². The van der Waals surface area contributed by atoms with Crippen LogP contribution in [0.5, 0.6) is 5.75 Å². The van der Waals surface area contributed by atoms with Crippen molar-refractivity contribution in [3.63, 3.8) is 0 Å². The first-order chi connectivity index (χ1) is 13.9. The second-order valence-electron chi connectivity index (χ2n) is 7.07. The molecule has 0 N–H and O–H groups in total. The van der Waals surface area contributed by atoms with Crippen molar-refractivity contribution in [2.24, 2.45) is 0 Å². The fourth-order valence-electron chi connectivity index (χ4n) is 1.82. The maximum absolute atomic E-state index is 11.8. The maximum Gasteiger partial charge on any atom is 0.344 e. The lowest BCUT2D eigenvalue weighted by atomic mass is 10.3. The minimum atomic E-state index is -4.64. The second kappa shape index (κ2) is 12.6. The van der Waals surface area contributed by atoms with E-state index in [4.69, 9.17) is 30.2 Å². The number of phosphoric acid groups is 1. The predicted octanol–water partition coefficient (Wildman–Crippen LogP) is 1.04. The molecule has 0 saturated carbocycles. The Bertz CT molecular complexity index is 736. The zero-order valence-electron chi connectivity index (χ0n) is 16.9. The van der Waals surface area contributed by atoms with Crippen LogP contribution in [0.3, 0.4) is 0 Å². The Kier molecular flexibility index (Phi) is 11.2. The number of phosphoric ester groups is 1. The molecule has 0 spiro atoms. The van der Waals surface area contributed by atoms with Crippen LogP contribution in [0.15, 0.2) is 24.3 Å². The Hall–Kier alpha value is -1.24. The van der Waals surface area contributed by atoms with Crippen molar-refractivity contribution in [2.75, 3.05) is 54.1 Å². The lowest BCUT2D eigenvalue weighted by molar-refractivity contribution is -0.870. The molecule has 2 atom stereocenters. The first-order valence-electron chi connectivity index (χ1n) is 8.77. The highest BCUT2D eigenvalue weighted by Gasteiger charge is 2.20. The second-order valence-corrected chi connectivity index (χ2v) is 9.73. The third-order valence-corrected chi connectivity index (χ3v) is 5.00. The van der Waals surface area contributed by atoms with E-state index in [-0.39, 0.29) is 13.2 Å². The number of carbonyl (C=O) groups is 2. The Morgan fingerprint density at radius 2 is 1.80 bits per heavy atom. The van der Waals surface area contributed by atoms with Crippen molar-refractivity contribution < 1.29 is 46.8 Å². The largest absolute Gasteiger partial charge is 0.756 e. The molecule has 168 valence electrons. The van der Waals surface area contributed by atoms with Crippen molar-refractivity contribution >= 4 is 42.4 Å². The van der Waals surface area contributed by atoms with Crippen molar-refractivity contribution in [3.8, 4) is 5.75 Å². The Balaban J connectivity index is 2.44. The van der Waals surface area contributed by atoms with Crippen LogP contribution in [0, 0.1) is 10.5 Å². The van der Waals surface area contributed by atoms with Gasteiger partial charge in [0.05, 0.1) is 34.7 Å². The fourth-order valence-corrected chi connectivity index (χ4v) is 2.91. The average molecular weight is 557 g/mol. The van der Waals surface area contributed by atoms with Crippen LogP contribution in [0.4, 0.5) is 0 Å². The van der Waals surface area contributed by atoms with Crippen molar-refractivity contribution in [2.45, 2.75) is 6.10 Å². The van der Waals surface area contributed by atoms with Crippen LogP contribution in [-0.4, -0.2) is 76.6 Å². The molecular formula is C18H25INO9P. The van der Waals surface area contributed by atoms with Gasteiger partial charge in [0.25, 0.3) is 7.82 Å². The van der Waals surface area contributed by atoms with E-state index < -0.39 is 39.1 Å². The molecular weight excluding hydrogens is 532 g/mol. The topological polar surface area (TPSA) is 120 Å². The number of esters is 2. The predicted molar refractivity (Wildman–Crippen MR) is 112 cm³/mol. The third-order valence-electron chi connectivity index (χ3n) is 3.31. The third kappa shape index (κ3) is 13.1. The number of benzene rings is 1. The van der Waals surface area contributed by atoms with E-state index in [0.717, 1.165) is 3.57 Å². The molecule has 1 aromatic rings. The molecule has 12 heteroatoms. The van der Waals surface area contributed by atoms with Gasteiger partial charge in [0.2, 0.25) is 0 Å². The molecule has 0 amide bonds. The highest BCUT2D eigenvalue weighted by atomic mass is 127. The van der Waals surface area contributed by atoms with Gasteiger partial charge in [0.15, 0.2) is 12.7 Å². The quantitative estimate of drug-likeness (QED) is 0.152. The molecule has 1 unspecified atom stereocenters. The molecule has 30 heavy (non-hydrogen) atoms. The van der Waals surface area contributed by atoms with Crippen LogP contribution in [0.25, 0.3) is 0 Å². The van der Waals surface area contributed by atoms with Crippen molar-refractivity contribution in [1.29, 1.82) is 0 Å². The molecule has 0 bridgehead atoms. The van der Waals surface area contributed by atoms with Crippen molar-refractivity contribution in [3.05, 3.63) is 34.8 Å². The SMILES string of the molecule is [CH]C(=O)O[C@H](COC(=O)COc1ccc(I)cc1)COP(=O)([O-])OCC[N+](C)(C)C. The standard InChI is InChI=1S/C18H25INO9P/c1-14(21)29-17(12-28-30(23,24)27-10-9-20(2,3)4)11-26-18(22)13-25-16-7-5-15(19)6-8-16/h1,5-8,17H,9-13H2,2-4H3/t17-/m1/s1. The summed E-state index contributed by atoms with van der Waals surface area (Å²) in [4.78, 5) is 34.6. The highest BCUT2D eigenvalue weighted by molar-refractivity contribution is 14.1. The zero-order valence-corrected chi connectivity index (χ0v) is 20.0. The molecule has 1 aromatic carbocycles. The summed E-state index contributed by atoms with van der Waals surface area (Å²) >= 11 is 2.13. The number of halogens is 1. The van der Waals surface area contributed by atoms with Gasteiger partial charge in [-0.25, -0.2) is 4.79 Å². The monoisotopic (exact) mass is 557 g/mol. The molecule has 0 aliphatic rings.